The molecular formula is C19H31N3. The van der Waals surface area contributed by atoms with Crippen LogP contribution in [-0.2, 0) is 6.42 Å². The monoisotopic (exact) mass is 301 g/mol. The van der Waals surface area contributed by atoms with E-state index in [0.717, 1.165) is 5.92 Å². The average molecular weight is 301 g/mol. The van der Waals surface area contributed by atoms with E-state index < -0.39 is 0 Å². The molecule has 1 fully saturated rings. The van der Waals surface area contributed by atoms with Crippen LogP contribution in [-0.4, -0.2) is 36.1 Å². The van der Waals surface area contributed by atoms with Crippen molar-refractivity contribution in [2.24, 2.45) is 11.8 Å². The zero-order valence-corrected chi connectivity index (χ0v) is 14.2. The van der Waals surface area contributed by atoms with Crippen LogP contribution in [0, 0.1) is 11.8 Å². The van der Waals surface area contributed by atoms with Crippen molar-refractivity contribution >= 4 is 0 Å². The lowest BCUT2D eigenvalue weighted by Gasteiger charge is -2.39. The van der Waals surface area contributed by atoms with E-state index in [-0.39, 0.29) is 0 Å². The summed E-state index contributed by atoms with van der Waals surface area (Å²) in [4.78, 5) is 7.51. The molecule has 3 heteroatoms. The molecule has 0 aromatic carbocycles. The fourth-order valence-electron chi connectivity index (χ4n) is 4.15. The van der Waals surface area contributed by atoms with Gasteiger partial charge in [-0.2, -0.15) is 0 Å². The molecule has 2 atom stereocenters. The minimum Gasteiger partial charge on any atom is -0.316 e. The number of fused-ring (bicyclic) bond motifs is 1. The van der Waals surface area contributed by atoms with Crippen LogP contribution in [0.2, 0.25) is 0 Å². The summed E-state index contributed by atoms with van der Waals surface area (Å²) in [7, 11) is 0. The van der Waals surface area contributed by atoms with E-state index in [1.54, 1.807) is 0 Å². The standard InChI is InChI=1S/C19H31N3/c1-15(2)13-22(14-16-6-4-10-20-12-16)18-9-3-7-17-8-5-11-21-19(17)18/h5,8,11,15-16,18,20H,3-4,6-7,9-10,12-14H2,1-2H3. The molecule has 0 radical (unpaired) electrons. The van der Waals surface area contributed by atoms with Crippen LogP contribution >= 0.6 is 0 Å². The van der Waals surface area contributed by atoms with Crippen LogP contribution in [0.1, 0.15) is 56.8 Å². The summed E-state index contributed by atoms with van der Waals surface area (Å²) >= 11 is 0. The number of nitrogens with zero attached hydrogens (tertiary/aromatic N) is 2. The first kappa shape index (κ1) is 15.9. The Labute approximate surface area is 135 Å². The van der Waals surface area contributed by atoms with E-state index in [2.05, 4.69) is 36.2 Å². The van der Waals surface area contributed by atoms with E-state index in [1.165, 1.54) is 69.5 Å². The largest absolute Gasteiger partial charge is 0.316 e. The molecular weight excluding hydrogens is 270 g/mol. The summed E-state index contributed by atoms with van der Waals surface area (Å²) in [5, 5.41) is 3.57. The Morgan fingerprint density at radius 1 is 1.32 bits per heavy atom. The molecule has 1 aromatic heterocycles. The topological polar surface area (TPSA) is 28.2 Å². The molecule has 1 aliphatic carbocycles. The van der Waals surface area contributed by atoms with E-state index in [9.17, 15) is 0 Å². The van der Waals surface area contributed by atoms with E-state index >= 15 is 0 Å². The summed E-state index contributed by atoms with van der Waals surface area (Å²) in [6, 6.07) is 4.91. The molecule has 22 heavy (non-hydrogen) atoms. The predicted molar refractivity (Wildman–Crippen MR) is 91.9 cm³/mol. The van der Waals surface area contributed by atoms with Gasteiger partial charge in [-0.05, 0) is 68.7 Å². The number of rotatable bonds is 5. The number of aromatic nitrogens is 1. The lowest BCUT2D eigenvalue weighted by atomic mass is 9.89. The lowest BCUT2D eigenvalue weighted by molar-refractivity contribution is 0.122. The van der Waals surface area contributed by atoms with Crippen LogP contribution < -0.4 is 5.32 Å². The highest BCUT2D eigenvalue weighted by molar-refractivity contribution is 5.25. The fraction of sp³-hybridized carbons (Fsp3) is 0.737. The van der Waals surface area contributed by atoms with Crippen molar-refractivity contribution in [2.45, 2.75) is 52.0 Å². The van der Waals surface area contributed by atoms with Gasteiger partial charge in [0.1, 0.15) is 0 Å². The van der Waals surface area contributed by atoms with Crippen molar-refractivity contribution < 1.29 is 0 Å². The summed E-state index contributed by atoms with van der Waals surface area (Å²) < 4.78 is 0. The zero-order valence-electron chi connectivity index (χ0n) is 14.2. The van der Waals surface area contributed by atoms with Crippen molar-refractivity contribution in [1.29, 1.82) is 0 Å². The molecule has 0 spiro atoms. The second-order valence-corrected chi connectivity index (χ2v) is 7.52. The number of piperidine rings is 1. The summed E-state index contributed by atoms with van der Waals surface area (Å²) in [5.74, 6) is 1.52. The summed E-state index contributed by atoms with van der Waals surface area (Å²) in [6.45, 7) is 9.50. The average Bonchev–Trinajstić information content (AvgIpc) is 2.54. The third-order valence-electron chi connectivity index (χ3n) is 5.10. The molecule has 3 nitrogen and oxygen atoms in total. The molecule has 0 amide bonds. The van der Waals surface area contributed by atoms with Crippen LogP contribution in [0.3, 0.4) is 0 Å². The minimum absolute atomic E-state index is 0.536. The molecule has 1 N–H and O–H groups in total. The number of nitrogens with one attached hydrogen (secondary N) is 1. The lowest BCUT2D eigenvalue weighted by Crippen LogP contribution is -2.42. The highest BCUT2D eigenvalue weighted by Gasteiger charge is 2.29. The van der Waals surface area contributed by atoms with Crippen LogP contribution in [0.15, 0.2) is 18.3 Å². The number of hydrogen-bond acceptors (Lipinski definition) is 3. The van der Waals surface area contributed by atoms with Gasteiger partial charge in [0.25, 0.3) is 0 Å². The van der Waals surface area contributed by atoms with Crippen molar-refractivity contribution in [3.8, 4) is 0 Å². The molecule has 2 aliphatic rings. The molecule has 0 bridgehead atoms. The van der Waals surface area contributed by atoms with Crippen molar-refractivity contribution in [3.05, 3.63) is 29.6 Å². The van der Waals surface area contributed by atoms with Crippen LogP contribution in [0.5, 0.6) is 0 Å². The van der Waals surface area contributed by atoms with Crippen LogP contribution in [0.25, 0.3) is 0 Å². The fourth-order valence-corrected chi connectivity index (χ4v) is 4.15. The Balaban J connectivity index is 1.76. The third-order valence-corrected chi connectivity index (χ3v) is 5.10. The van der Waals surface area contributed by atoms with Gasteiger partial charge in [0.2, 0.25) is 0 Å². The smallest absolute Gasteiger partial charge is 0.0607 e. The minimum atomic E-state index is 0.536. The molecule has 1 saturated heterocycles. The zero-order chi connectivity index (χ0) is 15.4. The SMILES string of the molecule is CC(C)CN(CC1CCCNC1)C1CCCc2cccnc21. The summed E-state index contributed by atoms with van der Waals surface area (Å²) in [6.07, 6.45) is 8.48. The molecule has 1 aromatic rings. The number of pyridine rings is 1. The first-order chi connectivity index (χ1) is 10.7. The molecule has 3 rings (SSSR count). The third kappa shape index (κ3) is 3.88. The van der Waals surface area contributed by atoms with Gasteiger partial charge in [-0.3, -0.25) is 9.88 Å². The van der Waals surface area contributed by atoms with Gasteiger partial charge in [-0.1, -0.05) is 19.9 Å². The van der Waals surface area contributed by atoms with E-state index in [1.807, 2.05) is 6.20 Å². The number of hydrogen-bond donors (Lipinski definition) is 1. The van der Waals surface area contributed by atoms with Crippen molar-refractivity contribution in [2.75, 3.05) is 26.2 Å². The van der Waals surface area contributed by atoms with Crippen molar-refractivity contribution in [3.63, 3.8) is 0 Å². The Morgan fingerprint density at radius 2 is 2.23 bits per heavy atom. The molecule has 0 saturated carbocycles. The van der Waals surface area contributed by atoms with Gasteiger partial charge >= 0.3 is 0 Å². The maximum Gasteiger partial charge on any atom is 0.0607 e. The Morgan fingerprint density at radius 3 is 3.00 bits per heavy atom. The van der Waals surface area contributed by atoms with Gasteiger partial charge in [0.05, 0.1) is 11.7 Å². The van der Waals surface area contributed by atoms with Gasteiger partial charge in [0.15, 0.2) is 0 Å². The Bertz CT molecular complexity index is 466. The van der Waals surface area contributed by atoms with Gasteiger partial charge in [-0.15, -0.1) is 0 Å². The molecule has 122 valence electrons. The maximum atomic E-state index is 4.76. The second-order valence-electron chi connectivity index (χ2n) is 7.52. The second kappa shape index (κ2) is 7.56. The van der Waals surface area contributed by atoms with Gasteiger partial charge in [-0.25, -0.2) is 0 Å². The Hall–Kier alpha value is -0.930. The Kier molecular flexibility index (Phi) is 5.48. The first-order valence-corrected chi connectivity index (χ1v) is 9.12. The number of aryl methyl sites for hydroxylation is 1. The van der Waals surface area contributed by atoms with E-state index in [4.69, 9.17) is 4.98 Å². The highest BCUT2D eigenvalue weighted by Crippen LogP contribution is 2.34. The predicted octanol–water partition coefficient (Wildman–Crippen LogP) is 3.42. The van der Waals surface area contributed by atoms with Crippen LogP contribution in [0.4, 0.5) is 0 Å². The van der Waals surface area contributed by atoms with Crippen molar-refractivity contribution in [1.82, 2.24) is 15.2 Å². The quantitative estimate of drug-likeness (QED) is 0.903. The molecule has 1 aliphatic heterocycles. The first-order valence-electron chi connectivity index (χ1n) is 9.12. The molecule has 2 heterocycles. The van der Waals surface area contributed by atoms with Gasteiger partial charge in [0, 0.05) is 19.3 Å². The summed E-state index contributed by atoms with van der Waals surface area (Å²) in [5.41, 5.74) is 2.84. The normalized spacial score (nSPS) is 25.5. The van der Waals surface area contributed by atoms with Gasteiger partial charge < -0.3 is 5.32 Å². The maximum absolute atomic E-state index is 4.76. The van der Waals surface area contributed by atoms with E-state index in [0.29, 0.717) is 12.0 Å². The highest BCUT2D eigenvalue weighted by atomic mass is 15.2. The molecule has 2 unspecified atom stereocenters.